The first-order chi connectivity index (χ1) is 14.2. The van der Waals surface area contributed by atoms with Gasteiger partial charge in [-0.15, -0.1) is 6.42 Å². The number of fused-ring (bicyclic) bond motifs is 1. The molecule has 0 spiro atoms. The molecule has 1 atom stereocenters. The van der Waals surface area contributed by atoms with E-state index in [1.165, 1.54) is 5.56 Å². The van der Waals surface area contributed by atoms with Gasteiger partial charge < -0.3 is 15.0 Å². The van der Waals surface area contributed by atoms with Gasteiger partial charge in [0.2, 0.25) is 0 Å². The number of benzene rings is 2. The highest BCUT2D eigenvalue weighted by Crippen LogP contribution is 2.37. The Morgan fingerprint density at radius 3 is 2.72 bits per heavy atom. The van der Waals surface area contributed by atoms with Crippen LogP contribution in [0.5, 0.6) is 5.75 Å². The van der Waals surface area contributed by atoms with E-state index < -0.39 is 0 Å². The van der Waals surface area contributed by atoms with Crippen LogP contribution in [0.25, 0.3) is 0 Å². The van der Waals surface area contributed by atoms with Gasteiger partial charge in [-0.05, 0) is 61.4 Å². The summed E-state index contributed by atoms with van der Waals surface area (Å²) in [6.45, 7) is 3.62. The third kappa shape index (κ3) is 4.05. The lowest BCUT2D eigenvalue weighted by atomic mass is 9.92. The molecular weight excluding hydrogens is 358 g/mol. The van der Waals surface area contributed by atoms with Gasteiger partial charge >= 0.3 is 0 Å². The lowest BCUT2D eigenvalue weighted by Gasteiger charge is -2.28. The van der Waals surface area contributed by atoms with Gasteiger partial charge in [-0.2, -0.15) is 0 Å². The molecule has 0 unspecified atom stereocenters. The van der Waals surface area contributed by atoms with Crippen molar-refractivity contribution in [2.24, 2.45) is 0 Å². The number of anilines is 3. The molecule has 0 fully saturated rings. The number of hydrogen-bond donors (Lipinski definition) is 1. The molecular formula is C25H25N3O. The van der Waals surface area contributed by atoms with Crippen molar-refractivity contribution in [1.29, 1.82) is 0 Å². The minimum absolute atomic E-state index is 0.410. The predicted molar refractivity (Wildman–Crippen MR) is 119 cm³/mol. The number of nitrogens with zero attached hydrogens (tertiary/aromatic N) is 2. The van der Waals surface area contributed by atoms with Gasteiger partial charge in [0, 0.05) is 48.7 Å². The van der Waals surface area contributed by atoms with Crippen molar-refractivity contribution < 1.29 is 4.74 Å². The molecule has 146 valence electrons. The van der Waals surface area contributed by atoms with Crippen LogP contribution in [0.2, 0.25) is 0 Å². The second-order valence-electron chi connectivity index (χ2n) is 7.32. The fourth-order valence-corrected chi connectivity index (χ4v) is 3.71. The van der Waals surface area contributed by atoms with E-state index in [0.29, 0.717) is 5.92 Å². The van der Waals surface area contributed by atoms with Gasteiger partial charge in [-0.1, -0.05) is 12.0 Å². The van der Waals surface area contributed by atoms with E-state index >= 15 is 0 Å². The smallest absolute Gasteiger partial charge is 0.124 e. The van der Waals surface area contributed by atoms with Crippen molar-refractivity contribution in [2.75, 3.05) is 30.4 Å². The number of terminal acetylenes is 1. The Morgan fingerprint density at radius 1 is 1.17 bits per heavy atom. The molecule has 29 heavy (non-hydrogen) atoms. The maximum atomic E-state index is 6.00. The Bertz CT molecular complexity index is 1040. The van der Waals surface area contributed by atoms with Crippen LogP contribution in [0.1, 0.15) is 29.2 Å². The van der Waals surface area contributed by atoms with E-state index in [1.807, 2.05) is 43.5 Å². The average Bonchev–Trinajstić information content (AvgIpc) is 2.77. The number of aromatic nitrogens is 1. The Labute approximate surface area is 172 Å². The van der Waals surface area contributed by atoms with E-state index in [2.05, 4.69) is 52.4 Å². The summed E-state index contributed by atoms with van der Waals surface area (Å²) in [4.78, 5) is 6.50. The summed E-state index contributed by atoms with van der Waals surface area (Å²) in [6.07, 6.45) is 8.28. The predicted octanol–water partition coefficient (Wildman–Crippen LogP) is 5.12. The normalized spacial score (nSPS) is 15.0. The lowest BCUT2D eigenvalue weighted by molar-refractivity contribution is 0.270. The first-order valence-corrected chi connectivity index (χ1v) is 9.88. The molecule has 4 rings (SSSR count). The average molecular weight is 383 g/mol. The van der Waals surface area contributed by atoms with Gasteiger partial charge in [-0.3, -0.25) is 4.98 Å². The van der Waals surface area contributed by atoms with E-state index in [0.717, 1.165) is 53.6 Å². The maximum Gasteiger partial charge on any atom is 0.124 e. The standard InChI is InChI=1S/C25H25N3O/c1-4-19-7-9-21(10-8-19)28(3)22-11-12-23-20(13-15-29-25(23)16-22)17-27-24-6-5-14-26-18(24)2/h1,5-12,14,16,20,27H,13,15,17H2,2-3H3/t20-/m0/s1. The molecule has 4 heteroatoms. The van der Waals surface area contributed by atoms with Crippen LogP contribution in [0.4, 0.5) is 17.1 Å². The Hall–Kier alpha value is -3.45. The summed E-state index contributed by atoms with van der Waals surface area (Å²) in [6, 6.07) is 18.5. The molecule has 0 aliphatic carbocycles. The van der Waals surface area contributed by atoms with Gasteiger partial charge in [0.05, 0.1) is 18.0 Å². The number of aryl methyl sites for hydroxylation is 1. The molecule has 0 amide bonds. The van der Waals surface area contributed by atoms with Crippen LogP contribution in [-0.4, -0.2) is 25.2 Å². The SMILES string of the molecule is C#Cc1ccc(N(C)c2ccc3c(c2)OCC[C@H]3CNc2cccnc2C)cc1. The molecule has 2 aromatic carbocycles. The number of nitrogens with one attached hydrogen (secondary N) is 1. The first-order valence-electron chi connectivity index (χ1n) is 9.88. The van der Waals surface area contributed by atoms with Crippen molar-refractivity contribution in [3.8, 4) is 18.1 Å². The lowest BCUT2D eigenvalue weighted by Crippen LogP contribution is -2.21. The number of rotatable bonds is 5. The molecule has 1 N–H and O–H groups in total. The molecule has 0 saturated heterocycles. The van der Waals surface area contributed by atoms with Crippen molar-refractivity contribution in [2.45, 2.75) is 19.3 Å². The van der Waals surface area contributed by atoms with Crippen LogP contribution < -0.4 is 15.0 Å². The third-order valence-electron chi connectivity index (χ3n) is 5.52. The Balaban J connectivity index is 1.52. The van der Waals surface area contributed by atoms with Crippen LogP contribution in [0, 0.1) is 19.3 Å². The number of pyridine rings is 1. The molecule has 1 aromatic heterocycles. The van der Waals surface area contributed by atoms with Crippen LogP contribution in [0.3, 0.4) is 0 Å². The van der Waals surface area contributed by atoms with Crippen molar-refractivity contribution >= 4 is 17.1 Å². The van der Waals surface area contributed by atoms with Crippen molar-refractivity contribution in [3.05, 3.63) is 77.6 Å². The summed E-state index contributed by atoms with van der Waals surface area (Å²) in [5.41, 5.74) is 6.43. The van der Waals surface area contributed by atoms with Crippen LogP contribution >= 0.6 is 0 Å². The fraction of sp³-hybridized carbons (Fsp3) is 0.240. The fourth-order valence-electron chi connectivity index (χ4n) is 3.71. The molecule has 4 nitrogen and oxygen atoms in total. The highest BCUT2D eigenvalue weighted by Gasteiger charge is 2.22. The van der Waals surface area contributed by atoms with E-state index in [-0.39, 0.29) is 0 Å². The van der Waals surface area contributed by atoms with E-state index in [4.69, 9.17) is 11.2 Å². The van der Waals surface area contributed by atoms with Gasteiger partial charge in [-0.25, -0.2) is 0 Å². The van der Waals surface area contributed by atoms with Crippen molar-refractivity contribution in [1.82, 2.24) is 4.98 Å². The second-order valence-corrected chi connectivity index (χ2v) is 7.32. The van der Waals surface area contributed by atoms with Crippen LogP contribution in [-0.2, 0) is 0 Å². The molecule has 3 aromatic rings. The topological polar surface area (TPSA) is 37.4 Å². The Morgan fingerprint density at radius 2 is 1.97 bits per heavy atom. The first kappa shape index (κ1) is 18.9. The quantitative estimate of drug-likeness (QED) is 0.621. The minimum atomic E-state index is 0.410. The highest BCUT2D eigenvalue weighted by atomic mass is 16.5. The van der Waals surface area contributed by atoms with E-state index in [1.54, 1.807) is 0 Å². The maximum absolute atomic E-state index is 6.00. The summed E-state index contributed by atoms with van der Waals surface area (Å²) >= 11 is 0. The molecule has 0 radical (unpaired) electrons. The highest BCUT2D eigenvalue weighted by molar-refractivity contribution is 5.66. The molecule has 1 aliphatic heterocycles. The van der Waals surface area contributed by atoms with Gasteiger partial charge in [0.1, 0.15) is 5.75 Å². The Kier molecular flexibility index (Phi) is 5.39. The van der Waals surface area contributed by atoms with Gasteiger partial charge in [0.25, 0.3) is 0 Å². The zero-order chi connectivity index (χ0) is 20.2. The van der Waals surface area contributed by atoms with Crippen molar-refractivity contribution in [3.63, 3.8) is 0 Å². The summed E-state index contributed by atoms with van der Waals surface area (Å²) in [5.74, 6) is 4.04. The molecule has 0 bridgehead atoms. The second kappa shape index (κ2) is 8.28. The molecule has 0 saturated carbocycles. The van der Waals surface area contributed by atoms with Crippen LogP contribution in [0.15, 0.2) is 60.8 Å². The zero-order valence-corrected chi connectivity index (χ0v) is 16.9. The molecule has 1 aliphatic rings. The summed E-state index contributed by atoms with van der Waals surface area (Å²) in [7, 11) is 2.06. The summed E-state index contributed by atoms with van der Waals surface area (Å²) in [5, 5.41) is 3.55. The number of hydrogen-bond acceptors (Lipinski definition) is 4. The third-order valence-corrected chi connectivity index (χ3v) is 5.52. The largest absolute Gasteiger partial charge is 0.493 e. The van der Waals surface area contributed by atoms with Gasteiger partial charge in [0.15, 0.2) is 0 Å². The summed E-state index contributed by atoms with van der Waals surface area (Å²) < 4.78 is 6.00. The monoisotopic (exact) mass is 383 g/mol. The number of ether oxygens (including phenoxy) is 1. The van der Waals surface area contributed by atoms with E-state index in [9.17, 15) is 0 Å². The molecule has 2 heterocycles. The minimum Gasteiger partial charge on any atom is -0.493 e. The zero-order valence-electron chi connectivity index (χ0n) is 16.9.